The van der Waals surface area contributed by atoms with Gasteiger partial charge in [-0.1, -0.05) is 47.6 Å². The lowest BCUT2D eigenvalue weighted by molar-refractivity contribution is 0.322. The number of fused-ring (bicyclic) bond motifs is 1. The first-order chi connectivity index (χ1) is 9.40. The molecule has 1 aromatic heterocycles. The van der Waals surface area contributed by atoms with E-state index in [9.17, 15) is 0 Å². The first kappa shape index (κ1) is 12.7. The normalized spacial score (nSPS) is 10.1. The van der Waals surface area contributed by atoms with Gasteiger partial charge in [0.15, 0.2) is 0 Å². The molecule has 1 heterocycles. The highest BCUT2D eigenvalue weighted by molar-refractivity contribution is 5.78. The molecule has 0 aliphatic rings. The Morgan fingerprint density at radius 3 is 1.84 bits per heavy atom. The Labute approximate surface area is 111 Å². The highest BCUT2D eigenvalue weighted by Gasteiger charge is 1.88. The smallest absolute Gasteiger partial charge is 0.0886 e. The van der Waals surface area contributed by atoms with Gasteiger partial charge in [-0.3, -0.25) is 9.97 Å². The first-order valence-electron chi connectivity index (χ1n) is 5.78. The van der Waals surface area contributed by atoms with Crippen molar-refractivity contribution >= 4 is 17.2 Å². The van der Waals surface area contributed by atoms with Crippen LogP contribution in [0.15, 0.2) is 72.1 Å². The Morgan fingerprint density at radius 1 is 0.789 bits per heavy atom. The minimum atomic E-state index is 0.903. The fourth-order valence-corrected chi connectivity index (χ4v) is 1.52. The molecule has 94 valence electrons. The largest absolute Gasteiger partial charge is 0.411 e. The maximum absolute atomic E-state index is 8.09. The summed E-state index contributed by atoms with van der Waals surface area (Å²) < 4.78 is 0. The summed E-state index contributed by atoms with van der Waals surface area (Å²) in [5.41, 5.74) is 2.80. The summed E-state index contributed by atoms with van der Waals surface area (Å²) in [7, 11) is 0. The molecule has 0 atom stereocenters. The molecule has 0 aliphatic carbocycles. The van der Waals surface area contributed by atoms with Gasteiger partial charge in [0, 0.05) is 12.4 Å². The van der Waals surface area contributed by atoms with Crippen LogP contribution < -0.4 is 0 Å². The summed E-state index contributed by atoms with van der Waals surface area (Å²) >= 11 is 0. The van der Waals surface area contributed by atoms with Crippen LogP contribution in [0.25, 0.3) is 11.0 Å². The predicted molar refractivity (Wildman–Crippen MR) is 75.4 cm³/mol. The summed E-state index contributed by atoms with van der Waals surface area (Å²) in [5.74, 6) is 0. The summed E-state index contributed by atoms with van der Waals surface area (Å²) in [6.45, 7) is 0. The summed E-state index contributed by atoms with van der Waals surface area (Å²) in [5, 5.41) is 11.0. The Kier molecular flexibility index (Phi) is 4.58. The van der Waals surface area contributed by atoms with Crippen molar-refractivity contribution in [3.05, 3.63) is 72.6 Å². The van der Waals surface area contributed by atoms with Crippen LogP contribution in [0.3, 0.4) is 0 Å². The van der Waals surface area contributed by atoms with Gasteiger partial charge in [0.1, 0.15) is 0 Å². The summed E-state index contributed by atoms with van der Waals surface area (Å²) in [6.07, 6.45) is 4.78. The van der Waals surface area contributed by atoms with Crippen LogP contribution in [0.4, 0.5) is 0 Å². The highest BCUT2D eigenvalue weighted by Crippen LogP contribution is 2.04. The van der Waals surface area contributed by atoms with Crippen LogP contribution in [0.2, 0.25) is 0 Å². The van der Waals surface area contributed by atoms with E-state index in [0.29, 0.717) is 0 Å². The number of hydrogen-bond acceptors (Lipinski definition) is 4. The second-order valence-corrected chi connectivity index (χ2v) is 3.70. The lowest BCUT2D eigenvalue weighted by Crippen LogP contribution is -1.78. The molecule has 19 heavy (non-hydrogen) atoms. The number of rotatable bonds is 1. The maximum Gasteiger partial charge on any atom is 0.0886 e. The van der Waals surface area contributed by atoms with Gasteiger partial charge in [-0.25, -0.2) is 0 Å². The van der Waals surface area contributed by atoms with E-state index in [1.807, 2.05) is 54.6 Å². The molecule has 0 amide bonds. The van der Waals surface area contributed by atoms with Gasteiger partial charge in [0.2, 0.25) is 0 Å². The van der Waals surface area contributed by atoms with Crippen LogP contribution in [0, 0.1) is 0 Å². The molecular weight excluding hydrogens is 238 g/mol. The van der Waals surface area contributed by atoms with Gasteiger partial charge in [-0.05, 0) is 17.7 Å². The first-order valence-corrected chi connectivity index (χ1v) is 5.78. The zero-order valence-corrected chi connectivity index (χ0v) is 10.2. The van der Waals surface area contributed by atoms with Crippen molar-refractivity contribution in [3.8, 4) is 0 Å². The van der Waals surface area contributed by atoms with E-state index >= 15 is 0 Å². The van der Waals surface area contributed by atoms with Crippen molar-refractivity contribution in [2.75, 3.05) is 0 Å². The quantitative estimate of drug-likeness (QED) is 0.410. The molecule has 3 aromatic rings. The lowest BCUT2D eigenvalue weighted by Gasteiger charge is -1.90. The van der Waals surface area contributed by atoms with Gasteiger partial charge < -0.3 is 5.21 Å². The van der Waals surface area contributed by atoms with E-state index < -0.39 is 0 Å². The average Bonchev–Trinajstić information content (AvgIpc) is 2.50. The second-order valence-electron chi connectivity index (χ2n) is 3.70. The third-order valence-corrected chi connectivity index (χ3v) is 2.38. The lowest BCUT2D eigenvalue weighted by atomic mass is 10.2. The Morgan fingerprint density at radius 2 is 1.32 bits per heavy atom. The van der Waals surface area contributed by atoms with Crippen molar-refractivity contribution in [1.82, 2.24) is 9.97 Å². The molecule has 0 radical (unpaired) electrons. The zero-order chi connectivity index (χ0) is 13.3. The van der Waals surface area contributed by atoms with E-state index in [0.717, 1.165) is 16.6 Å². The molecule has 0 saturated carbocycles. The van der Waals surface area contributed by atoms with E-state index in [1.165, 1.54) is 6.21 Å². The van der Waals surface area contributed by atoms with Gasteiger partial charge in [-0.15, -0.1) is 0 Å². The number of para-hydroxylation sites is 2. The number of hydrogen-bond donors (Lipinski definition) is 1. The van der Waals surface area contributed by atoms with Crippen molar-refractivity contribution in [1.29, 1.82) is 0 Å². The van der Waals surface area contributed by atoms with Crippen molar-refractivity contribution in [3.63, 3.8) is 0 Å². The van der Waals surface area contributed by atoms with Crippen LogP contribution in [-0.4, -0.2) is 21.4 Å². The minimum absolute atomic E-state index is 0.903. The van der Waals surface area contributed by atoms with Gasteiger partial charge in [0.05, 0.1) is 17.2 Å². The monoisotopic (exact) mass is 251 g/mol. The third kappa shape index (κ3) is 3.89. The number of aromatic nitrogens is 2. The van der Waals surface area contributed by atoms with Crippen LogP contribution in [-0.2, 0) is 0 Å². The molecule has 0 unspecified atom stereocenters. The molecule has 0 spiro atoms. The van der Waals surface area contributed by atoms with E-state index in [-0.39, 0.29) is 0 Å². The molecule has 0 aliphatic heterocycles. The van der Waals surface area contributed by atoms with Crippen molar-refractivity contribution in [2.24, 2.45) is 5.16 Å². The van der Waals surface area contributed by atoms with Crippen LogP contribution in [0.5, 0.6) is 0 Å². The van der Waals surface area contributed by atoms with Gasteiger partial charge >= 0.3 is 0 Å². The fraction of sp³-hybridized carbons (Fsp3) is 0. The molecule has 3 rings (SSSR count). The summed E-state index contributed by atoms with van der Waals surface area (Å²) in [6, 6.07) is 17.2. The Hall–Kier alpha value is -2.75. The Bertz CT molecular complexity index is 588. The molecular formula is C15H13N3O. The molecule has 1 N–H and O–H groups in total. The fourth-order valence-electron chi connectivity index (χ4n) is 1.52. The zero-order valence-electron chi connectivity index (χ0n) is 10.2. The minimum Gasteiger partial charge on any atom is -0.411 e. The molecule has 4 nitrogen and oxygen atoms in total. The van der Waals surface area contributed by atoms with Crippen LogP contribution >= 0.6 is 0 Å². The summed E-state index contributed by atoms with van der Waals surface area (Å²) in [4.78, 5) is 8.24. The van der Waals surface area contributed by atoms with Gasteiger partial charge in [-0.2, -0.15) is 0 Å². The van der Waals surface area contributed by atoms with Crippen LogP contribution in [0.1, 0.15) is 5.56 Å². The second kappa shape index (κ2) is 6.86. The standard InChI is InChI=1S/C8H6N2.C7H7NO/c1-2-4-8-7(3-1)9-5-6-10-8;9-8-6-7-4-2-1-3-5-7/h1-6H;1-6,9H. The maximum atomic E-state index is 8.09. The number of benzene rings is 2. The molecule has 0 fully saturated rings. The third-order valence-electron chi connectivity index (χ3n) is 2.38. The van der Waals surface area contributed by atoms with E-state index in [4.69, 9.17) is 5.21 Å². The average molecular weight is 251 g/mol. The molecule has 0 saturated heterocycles. The molecule has 2 aromatic carbocycles. The number of oxime groups is 1. The SMILES string of the molecule is ON=Cc1ccccc1.c1ccc2nccnc2c1. The number of nitrogens with zero attached hydrogens (tertiary/aromatic N) is 3. The van der Waals surface area contributed by atoms with Crippen molar-refractivity contribution < 1.29 is 5.21 Å². The molecule has 0 bridgehead atoms. The van der Waals surface area contributed by atoms with Crippen molar-refractivity contribution in [2.45, 2.75) is 0 Å². The topological polar surface area (TPSA) is 58.4 Å². The van der Waals surface area contributed by atoms with E-state index in [1.54, 1.807) is 12.4 Å². The van der Waals surface area contributed by atoms with E-state index in [2.05, 4.69) is 15.1 Å². The van der Waals surface area contributed by atoms with Gasteiger partial charge in [0.25, 0.3) is 0 Å². The Balaban J connectivity index is 0.000000141. The molecule has 4 heteroatoms. The predicted octanol–water partition coefficient (Wildman–Crippen LogP) is 3.12. The highest BCUT2D eigenvalue weighted by atomic mass is 16.4.